The molecule has 0 heterocycles. The number of ether oxygens (including phenoxy) is 2. The van der Waals surface area contributed by atoms with Crippen molar-refractivity contribution in [2.24, 2.45) is 5.41 Å². The van der Waals surface area contributed by atoms with Crippen LogP contribution in [-0.2, 0) is 19.1 Å². The number of carbonyl (C=O) groups is 2. The number of aliphatic hydroxyl groups excluding tert-OH is 1. The Labute approximate surface area is 170 Å². The molecule has 0 aromatic carbocycles. The van der Waals surface area contributed by atoms with E-state index in [0.717, 1.165) is 19.3 Å². The van der Waals surface area contributed by atoms with Gasteiger partial charge in [-0.05, 0) is 6.42 Å². The Morgan fingerprint density at radius 3 is 2.00 bits per heavy atom. The van der Waals surface area contributed by atoms with Gasteiger partial charge in [0.25, 0.3) is 0 Å². The highest BCUT2D eigenvalue weighted by Gasteiger charge is 2.41. The number of aliphatic hydroxyl groups is 1. The molecule has 0 unspecified atom stereocenters. The molecule has 28 heavy (non-hydrogen) atoms. The molecule has 1 N–H and O–H groups in total. The second kappa shape index (κ2) is 11.9. The number of ketones is 1. The second-order valence-electron chi connectivity index (χ2n) is 8.28. The van der Waals surface area contributed by atoms with Gasteiger partial charge in [-0.2, -0.15) is 0 Å². The topological polar surface area (TPSA) is 72.8 Å². The first kappa shape index (κ1) is 24.3. The lowest BCUT2D eigenvalue weighted by Crippen LogP contribution is -2.31. The maximum absolute atomic E-state index is 12.8. The number of esters is 1. The molecule has 1 aliphatic carbocycles. The van der Waals surface area contributed by atoms with Gasteiger partial charge in [-0.1, -0.05) is 72.1 Å². The van der Waals surface area contributed by atoms with E-state index in [1.54, 1.807) is 0 Å². The van der Waals surface area contributed by atoms with E-state index in [0.29, 0.717) is 18.6 Å². The predicted octanol–water partition coefficient (Wildman–Crippen LogP) is 5.79. The van der Waals surface area contributed by atoms with E-state index in [9.17, 15) is 14.7 Å². The molecule has 0 saturated heterocycles. The summed E-state index contributed by atoms with van der Waals surface area (Å²) in [6.45, 7) is 5.88. The van der Waals surface area contributed by atoms with Crippen LogP contribution in [0.1, 0.15) is 91.4 Å². The molecular formula is C23H38O5. The van der Waals surface area contributed by atoms with Crippen LogP contribution in [-0.4, -0.2) is 31.1 Å². The van der Waals surface area contributed by atoms with Crippen LogP contribution >= 0.6 is 0 Å². The molecule has 0 amide bonds. The first-order valence-corrected chi connectivity index (χ1v) is 10.6. The molecule has 0 aliphatic heterocycles. The van der Waals surface area contributed by atoms with Gasteiger partial charge in [0.2, 0.25) is 0 Å². The van der Waals surface area contributed by atoms with Crippen molar-refractivity contribution < 1.29 is 24.2 Å². The summed E-state index contributed by atoms with van der Waals surface area (Å²) < 4.78 is 10.2. The largest absolute Gasteiger partial charge is 0.506 e. The van der Waals surface area contributed by atoms with Gasteiger partial charge in [0.1, 0.15) is 11.5 Å². The fourth-order valence-electron chi connectivity index (χ4n) is 3.81. The molecule has 1 rings (SSSR count). The van der Waals surface area contributed by atoms with Crippen molar-refractivity contribution in [2.45, 2.75) is 91.4 Å². The molecule has 5 heteroatoms. The molecule has 5 nitrogen and oxygen atoms in total. The van der Waals surface area contributed by atoms with Crippen molar-refractivity contribution in [3.8, 4) is 0 Å². The van der Waals surface area contributed by atoms with Crippen molar-refractivity contribution >= 4 is 11.8 Å². The third kappa shape index (κ3) is 6.68. The third-order valence-electron chi connectivity index (χ3n) is 5.45. The van der Waals surface area contributed by atoms with E-state index in [1.165, 1.54) is 52.7 Å². The zero-order valence-electron chi connectivity index (χ0n) is 18.4. The molecule has 0 bridgehead atoms. The lowest BCUT2D eigenvalue weighted by atomic mass is 9.73. The Morgan fingerprint density at radius 2 is 1.50 bits per heavy atom. The Balaban J connectivity index is 2.66. The number of rotatable bonds is 13. The molecule has 0 fully saturated rings. The molecule has 0 saturated carbocycles. The fourth-order valence-corrected chi connectivity index (χ4v) is 3.81. The summed E-state index contributed by atoms with van der Waals surface area (Å²) in [6.07, 6.45) is 11.3. The van der Waals surface area contributed by atoms with Crippen LogP contribution in [0.5, 0.6) is 0 Å². The lowest BCUT2D eigenvalue weighted by molar-refractivity contribution is -0.137. The minimum Gasteiger partial charge on any atom is -0.506 e. The van der Waals surface area contributed by atoms with Gasteiger partial charge in [-0.3, -0.25) is 4.79 Å². The molecule has 0 spiro atoms. The van der Waals surface area contributed by atoms with E-state index in [2.05, 4.69) is 6.92 Å². The zero-order chi connectivity index (χ0) is 21.2. The van der Waals surface area contributed by atoms with Gasteiger partial charge in [-0.15, -0.1) is 0 Å². The van der Waals surface area contributed by atoms with E-state index in [1.807, 2.05) is 13.8 Å². The summed E-state index contributed by atoms with van der Waals surface area (Å²) >= 11 is 0. The highest BCUT2D eigenvalue weighted by atomic mass is 16.5. The average Bonchev–Trinajstić information content (AvgIpc) is 2.65. The van der Waals surface area contributed by atoms with Crippen LogP contribution < -0.4 is 0 Å². The summed E-state index contributed by atoms with van der Waals surface area (Å²) in [5.41, 5.74) is -0.377. The summed E-state index contributed by atoms with van der Waals surface area (Å²) in [5.74, 6) is -0.628. The Hall–Kier alpha value is -1.78. The van der Waals surface area contributed by atoms with Crippen molar-refractivity contribution in [3.05, 3.63) is 22.7 Å². The molecule has 0 radical (unpaired) electrons. The van der Waals surface area contributed by atoms with Gasteiger partial charge < -0.3 is 14.6 Å². The normalized spacial score (nSPS) is 16.3. The second-order valence-corrected chi connectivity index (χ2v) is 8.28. The van der Waals surface area contributed by atoms with Crippen molar-refractivity contribution in [1.29, 1.82) is 0 Å². The minimum atomic E-state index is -0.663. The zero-order valence-corrected chi connectivity index (χ0v) is 18.4. The molecule has 160 valence electrons. The summed E-state index contributed by atoms with van der Waals surface area (Å²) in [7, 11) is 2.77. The number of methoxy groups -OCH3 is 2. The standard InChI is InChI=1S/C23H38O5/c1-6-7-8-9-10-11-12-13-14-15-17(24)19-18(27-4)16-23(2,3)20(21(19)25)22(26)28-5/h25H,6-16H2,1-5H3. The smallest absolute Gasteiger partial charge is 0.338 e. The van der Waals surface area contributed by atoms with E-state index >= 15 is 0 Å². The van der Waals surface area contributed by atoms with Crippen molar-refractivity contribution in [2.75, 3.05) is 14.2 Å². The van der Waals surface area contributed by atoms with E-state index in [4.69, 9.17) is 9.47 Å². The number of carbonyl (C=O) groups excluding carboxylic acids is 2. The van der Waals surface area contributed by atoms with Gasteiger partial charge >= 0.3 is 5.97 Å². The van der Waals surface area contributed by atoms with Gasteiger partial charge in [-0.25, -0.2) is 4.79 Å². The summed E-state index contributed by atoms with van der Waals surface area (Å²) in [6, 6.07) is 0. The molecule has 0 atom stereocenters. The number of unbranched alkanes of at least 4 members (excludes halogenated alkanes) is 8. The van der Waals surface area contributed by atoms with Crippen LogP contribution in [0.15, 0.2) is 22.7 Å². The first-order valence-electron chi connectivity index (χ1n) is 10.6. The minimum absolute atomic E-state index is 0.141. The Morgan fingerprint density at radius 1 is 0.964 bits per heavy atom. The monoisotopic (exact) mass is 394 g/mol. The molecule has 0 aromatic rings. The van der Waals surface area contributed by atoms with E-state index < -0.39 is 11.4 Å². The molecule has 0 aromatic heterocycles. The van der Waals surface area contributed by atoms with Crippen LogP contribution in [0.2, 0.25) is 0 Å². The van der Waals surface area contributed by atoms with Gasteiger partial charge in [0.05, 0.1) is 25.4 Å². The van der Waals surface area contributed by atoms with Crippen molar-refractivity contribution in [3.63, 3.8) is 0 Å². The average molecular weight is 395 g/mol. The fraction of sp³-hybridized carbons (Fsp3) is 0.739. The van der Waals surface area contributed by atoms with Crippen LogP contribution in [0.3, 0.4) is 0 Å². The highest BCUT2D eigenvalue weighted by Crippen LogP contribution is 2.43. The maximum atomic E-state index is 12.8. The third-order valence-corrected chi connectivity index (χ3v) is 5.45. The van der Waals surface area contributed by atoms with Gasteiger partial charge in [0.15, 0.2) is 5.78 Å². The molecule has 1 aliphatic rings. The number of hydrogen-bond acceptors (Lipinski definition) is 5. The maximum Gasteiger partial charge on any atom is 0.338 e. The highest BCUT2D eigenvalue weighted by molar-refractivity contribution is 6.03. The molecular weight excluding hydrogens is 356 g/mol. The van der Waals surface area contributed by atoms with Crippen molar-refractivity contribution in [1.82, 2.24) is 0 Å². The Bertz CT molecular complexity index is 598. The lowest BCUT2D eigenvalue weighted by Gasteiger charge is -2.33. The van der Waals surface area contributed by atoms with Crippen LogP contribution in [0.25, 0.3) is 0 Å². The van der Waals surface area contributed by atoms with E-state index in [-0.39, 0.29) is 22.7 Å². The predicted molar refractivity (Wildman–Crippen MR) is 111 cm³/mol. The van der Waals surface area contributed by atoms with Gasteiger partial charge in [0, 0.05) is 18.3 Å². The SMILES string of the molecule is CCCCCCCCCCCC(=O)C1=C(OC)CC(C)(C)C(C(=O)OC)=C1O. The van der Waals surface area contributed by atoms with Crippen LogP contribution in [0, 0.1) is 5.41 Å². The summed E-state index contributed by atoms with van der Waals surface area (Å²) in [4.78, 5) is 24.9. The Kier molecular flexibility index (Phi) is 10.3. The quantitative estimate of drug-likeness (QED) is 0.316. The number of allylic oxidation sites excluding steroid dienone is 2. The van der Waals surface area contributed by atoms with Crippen LogP contribution in [0.4, 0.5) is 0 Å². The first-order chi connectivity index (χ1) is 13.3. The number of Topliss-reactive ketones (excluding diaryl/α,β-unsaturated/α-hetero) is 1. The number of hydrogen-bond donors (Lipinski definition) is 1. The summed E-state index contributed by atoms with van der Waals surface area (Å²) in [5, 5.41) is 10.7.